The van der Waals surface area contributed by atoms with Gasteiger partial charge in [0, 0.05) is 17.0 Å². The first-order chi connectivity index (χ1) is 14.4. The highest BCUT2D eigenvalue weighted by Crippen LogP contribution is 2.24. The number of carbonyl (C=O) groups excluding carboxylic acids is 1. The molecule has 0 radical (unpaired) electrons. The van der Waals surface area contributed by atoms with E-state index in [9.17, 15) is 4.79 Å². The number of Topliss-reactive ketones (excluding diaryl/α,β-unsaturated/α-hetero) is 1. The van der Waals surface area contributed by atoms with Crippen LogP contribution in [0.15, 0.2) is 52.2 Å². The van der Waals surface area contributed by atoms with E-state index in [0.717, 1.165) is 39.5 Å². The van der Waals surface area contributed by atoms with Crippen molar-refractivity contribution in [3.05, 3.63) is 76.5 Å². The molecule has 4 rings (SSSR count). The van der Waals surface area contributed by atoms with Gasteiger partial charge in [0.15, 0.2) is 5.78 Å². The van der Waals surface area contributed by atoms with Gasteiger partial charge in [-0.05, 0) is 73.5 Å². The molecule has 0 saturated carbocycles. The Bertz CT molecular complexity index is 1190. The molecule has 0 fully saturated rings. The fraction of sp³-hybridized carbons (Fsp3) is 0.273. The molecule has 0 bridgehead atoms. The number of ketones is 1. The van der Waals surface area contributed by atoms with E-state index in [2.05, 4.69) is 26.2 Å². The summed E-state index contributed by atoms with van der Waals surface area (Å²) in [6.07, 6.45) is 1.66. The van der Waals surface area contributed by atoms with Crippen LogP contribution in [0, 0.1) is 27.7 Å². The van der Waals surface area contributed by atoms with Crippen LogP contribution in [0.5, 0.6) is 0 Å². The van der Waals surface area contributed by atoms with Crippen molar-refractivity contribution in [3.63, 3.8) is 0 Å². The number of aryl methyl sites for hydroxylation is 3. The Balaban J connectivity index is 1.51. The standard InChI is InChI=1S/C22H23N5O2S/c1-14-7-8-15(2)20(10-14)27-22(23-24-25-27)30-13-21(28)19-11-16(3)26(17(19)4)12-18-6-5-9-29-18/h5-11H,12-13H2,1-4H3. The molecule has 4 aromatic rings. The molecule has 30 heavy (non-hydrogen) atoms. The van der Waals surface area contributed by atoms with Crippen LogP contribution >= 0.6 is 11.8 Å². The number of thioether (sulfide) groups is 1. The number of nitrogens with zero attached hydrogens (tertiary/aromatic N) is 5. The average Bonchev–Trinajstić information content (AvgIpc) is 3.46. The van der Waals surface area contributed by atoms with Gasteiger partial charge in [-0.3, -0.25) is 4.79 Å². The van der Waals surface area contributed by atoms with Crippen LogP contribution in [0.3, 0.4) is 0 Å². The van der Waals surface area contributed by atoms with Crippen LogP contribution in [0.2, 0.25) is 0 Å². The highest BCUT2D eigenvalue weighted by Gasteiger charge is 2.19. The topological polar surface area (TPSA) is 78.7 Å². The summed E-state index contributed by atoms with van der Waals surface area (Å²) in [5.74, 6) is 1.17. The van der Waals surface area contributed by atoms with Crippen LogP contribution in [-0.2, 0) is 6.54 Å². The van der Waals surface area contributed by atoms with E-state index in [0.29, 0.717) is 11.7 Å². The number of furan rings is 1. The lowest BCUT2D eigenvalue weighted by Gasteiger charge is -2.09. The largest absolute Gasteiger partial charge is 0.467 e. The first kappa shape index (κ1) is 20.2. The lowest BCUT2D eigenvalue weighted by Crippen LogP contribution is -2.08. The van der Waals surface area contributed by atoms with Gasteiger partial charge in [-0.15, -0.1) is 5.10 Å². The van der Waals surface area contributed by atoms with Gasteiger partial charge in [0.2, 0.25) is 5.16 Å². The molecule has 0 aliphatic rings. The zero-order chi connectivity index (χ0) is 21.3. The minimum atomic E-state index is 0.0503. The van der Waals surface area contributed by atoms with Crippen LogP contribution in [-0.4, -0.2) is 36.3 Å². The third-order valence-corrected chi connectivity index (χ3v) is 6.05. The molecule has 0 atom stereocenters. The van der Waals surface area contributed by atoms with Crippen LogP contribution in [0.25, 0.3) is 5.69 Å². The second-order valence-corrected chi connectivity index (χ2v) is 8.27. The predicted octanol–water partition coefficient (Wildman–Crippen LogP) is 4.31. The molecule has 8 heteroatoms. The third-order valence-electron chi connectivity index (χ3n) is 5.13. The van der Waals surface area contributed by atoms with E-state index in [4.69, 9.17) is 4.42 Å². The minimum absolute atomic E-state index is 0.0503. The summed E-state index contributed by atoms with van der Waals surface area (Å²) in [5.41, 5.74) is 5.80. The maximum Gasteiger partial charge on any atom is 0.214 e. The van der Waals surface area contributed by atoms with Crippen LogP contribution < -0.4 is 0 Å². The number of tetrazole rings is 1. The fourth-order valence-corrected chi connectivity index (χ4v) is 4.23. The SMILES string of the molecule is Cc1ccc(C)c(-n2nnnc2SCC(=O)c2cc(C)n(Cc3ccco3)c2C)c1. The summed E-state index contributed by atoms with van der Waals surface area (Å²) in [4.78, 5) is 13.0. The summed E-state index contributed by atoms with van der Waals surface area (Å²) >= 11 is 1.34. The molecule has 154 valence electrons. The Kier molecular flexibility index (Phi) is 5.59. The molecule has 0 aliphatic carbocycles. The number of hydrogen-bond acceptors (Lipinski definition) is 6. The van der Waals surface area contributed by atoms with E-state index < -0.39 is 0 Å². The second kappa shape index (κ2) is 8.31. The van der Waals surface area contributed by atoms with E-state index in [-0.39, 0.29) is 11.5 Å². The van der Waals surface area contributed by atoms with Gasteiger partial charge < -0.3 is 8.98 Å². The molecular formula is C22H23N5O2S. The quantitative estimate of drug-likeness (QED) is 0.327. The molecular weight excluding hydrogens is 398 g/mol. The third kappa shape index (κ3) is 3.95. The molecule has 0 unspecified atom stereocenters. The predicted molar refractivity (Wildman–Crippen MR) is 115 cm³/mol. The van der Waals surface area contributed by atoms with Crippen LogP contribution in [0.4, 0.5) is 0 Å². The molecule has 0 amide bonds. The zero-order valence-electron chi connectivity index (χ0n) is 17.4. The summed E-state index contributed by atoms with van der Waals surface area (Å²) in [5, 5.41) is 12.7. The average molecular weight is 422 g/mol. The highest BCUT2D eigenvalue weighted by atomic mass is 32.2. The van der Waals surface area contributed by atoms with Crippen LogP contribution in [0.1, 0.15) is 38.6 Å². The molecule has 0 spiro atoms. The van der Waals surface area contributed by atoms with Crippen molar-refractivity contribution in [1.29, 1.82) is 0 Å². The van der Waals surface area contributed by atoms with Gasteiger partial charge >= 0.3 is 0 Å². The number of hydrogen-bond donors (Lipinski definition) is 0. The van der Waals surface area contributed by atoms with E-state index >= 15 is 0 Å². The maximum absolute atomic E-state index is 13.0. The lowest BCUT2D eigenvalue weighted by atomic mass is 10.1. The first-order valence-electron chi connectivity index (χ1n) is 9.65. The summed E-state index contributed by atoms with van der Waals surface area (Å²) in [6, 6.07) is 11.9. The number of rotatable bonds is 7. The Hall–Kier alpha value is -3.13. The van der Waals surface area contributed by atoms with Crippen molar-refractivity contribution in [1.82, 2.24) is 24.8 Å². The van der Waals surface area contributed by atoms with Gasteiger partial charge in [0.05, 0.1) is 24.2 Å². The van der Waals surface area contributed by atoms with E-state index in [1.54, 1.807) is 10.9 Å². The van der Waals surface area contributed by atoms with Crippen molar-refractivity contribution in [2.45, 2.75) is 39.4 Å². The lowest BCUT2D eigenvalue weighted by molar-refractivity contribution is 0.102. The summed E-state index contributed by atoms with van der Waals surface area (Å²) in [6.45, 7) is 8.62. The summed E-state index contributed by atoms with van der Waals surface area (Å²) in [7, 11) is 0. The second-order valence-electron chi connectivity index (χ2n) is 7.33. The highest BCUT2D eigenvalue weighted by molar-refractivity contribution is 7.99. The monoisotopic (exact) mass is 421 g/mol. The van der Waals surface area contributed by atoms with E-state index in [1.807, 2.05) is 58.0 Å². The smallest absolute Gasteiger partial charge is 0.214 e. The molecule has 0 N–H and O–H groups in total. The van der Waals surface area contributed by atoms with Crippen molar-refractivity contribution in [3.8, 4) is 5.69 Å². The van der Waals surface area contributed by atoms with Crippen molar-refractivity contribution in [2.75, 3.05) is 5.75 Å². The van der Waals surface area contributed by atoms with Crippen molar-refractivity contribution < 1.29 is 9.21 Å². The van der Waals surface area contributed by atoms with Gasteiger partial charge in [0.25, 0.3) is 0 Å². The number of benzene rings is 1. The molecule has 3 aromatic heterocycles. The Labute approximate surface area is 179 Å². The molecule has 3 heterocycles. The first-order valence-corrected chi connectivity index (χ1v) is 10.6. The van der Waals surface area contributed by atoms with Gasteiger partial charge in [-0.1, -0.05) is 23.9 Å². The Morgan fingerprint density at radius 3 is 2.73 bits per heavy atom. The summed E-state index contributed by atoms with van der Waals surface area (Å²) < 4.78 is 9.24. The zero-order valence-corrected chi connectivity index (χ0v) is 18.2. The van der Waals surface area contributed by atoms with Gasteiger partial charge in [-0.25, -0.2) is 0 Å². The van der Waals surface area contributed by atoms with Crippen molar-refractivity contribution >= 4 is 17.5 Å². The molecule has 0 saturated heterocycles. The molecule has 7 nitrogen and oxygen atoms in total. The van der Waals surface area contributed by atoms with Gasteiger partial charge in [0.1, 0.15) is 5.76 Å². The molecule has 1 aromatic carbocycles. The van der Waals surface area contributed by atoms with Gasteiger partial charge in [-0.2, -0.15) is 4.68 Å². The molecule has 0 aliphatic heterocycles. The van der Waals surface area contributed by atoms with E-state index in [1.165, 1.54) is 11.8 Å². The van der Waals surface area contributed by atoms with Crippen molar-refractivity contribution in [2.24, 2.45) is 0 Å². The number of aromatic nitrogens is 5. The normalized spacial score (nSPS) is 11.2. The number of carbonyl (C=O) groups is 1. The maximum atomic E-state index is 13.0. The fourth-order valence-electron chi connectivity index (χ4n) is 3.46. The Morgan fingerprint density at radius 2 is 1.97 bits per heavy atom. The minimum Gasteiger partial charge on any atom is -0.467 e. The Morgan fingerprint density at radius 1 is 1.13 bits per heavy atom.